The Morgan fingerprint density at radius 1 is 1.16 bits per heavy atom. The van der Waals surface area contributed by atoms with Crippen molar-refractivity contribution in [2.75, 3.05) is 0 Å². The Morgan fingerprint density at radius 2 is 1.95 bits per heavy atom. The van der Waals surface area contributed by atoms with E-state index < -0.39 is 10.0 Å². The van der Waals surface area contributed by atoms with Crippen molar-refractivity contribution < 1.29 is 8.42 Å². The van der Waals surface area contributed by atoms with Crippen LogP contribution in [-0.2, 0) is 22.9 Å². The molecular weight excluding hydrogens is 258 g/mol. The topological polar surface area (TPSA) is 46.2 Å². The molecule has 19 heavy (non-hydrogen) atoms. The van der Waals surface area contributed by atoms with Crippen LogP contribution in [0.5, 0.6) is 0 Å². The molecule has 3 nitrogen and oxygen atoms in total. The molecule has 0 aliphatic heterocycles. The number of benzene rings is 1. The molecule has 1 fully saturated rings. The highest BCUT2D eigenvalue weighted by Gasteiger charge is 2.27. The predicted octanol–water partition coefficient (Wildman–Crippen LogP) is 2.64. The second-order valence-corrected chi connectivity index (χ2v) is 7.73. The van der Waals surface area contributed by atoms with Gasteiger partial charge in [-0.25, -0.2) is 13.1 Å². The van der Waals surface area contributed by atoms with Crippen LogP contribution < -0.4 is 4.72 Å². The van der Waals surface area contributed by atoms with Crippen LogP contribution in [0.1, 0.15) is 43.7 Å². The molecule has 0 saturated heterocycles. The maximum Gasteiger partial charge on any atom is 0.240 e. The third-order valence-corrected chi connectivity index (χ3v) is 5.92. The van der Waals surface area contributed by atoms with Crippen molar-refractivity contribution in [1.29, 1.82) is 0 Å². The van der Waals surface area contributed by atoms with Crippen LogP contribution in [-0.4, -0.2) is 14.5 Å². The lowest BCUT2D eigenvalue weighted by Crippen LogP contribution is -2.33. The molecule has 0 spiro atoms. The second kappa shape index (κ2) is 4.91. The van der Waals surface area contributed by atoms with Gasteiger partial charge in [-0.1, -0.05) is 13.0 Å². The zero-order valence-corrected chi connectivity index (χ0v) is 12.2. The monoisotopic (exact) mass is 279 g/mol. The van der Waals surface area contributed by atoms with Crippen molar-refractivity contribution in [2.45, 2.75) is 56.4 Å². The Morgan fingerprint density at radius 3 is 2.68 bits per heavy atom. The average Bonchev–Trinajstić information content (AvgIpc) is 2.96. The molecule has 104 valence electrons. The molecule has 2 aliphatic rings. The summed E-state index contributed by atoms with van der Waals surface area (Å²) in [5, 5.41) is 0. The minimum absolute atomic E-state index is 0.119. The van der Waals surface area contributed by atoms with Crippen LogP contribution in [0.3, 0.4) is 0 Å². The Balaban J connectivity index is 1.80. The molecule has 1 N–H and O–H groups in total. The minimum atomic E-state index is -3.34. The van der Waals surface area contributed by atoms with Crippen LogP contribution in [0.25, 0.3) is 0 Å². The summed E-state index contributed by atoms with van der Waals surface area (Å²) < 4.78 is 27.6. The number of hydrogen-bond donors (Lipinski definition) is 1. The molecule has 2 atom stereocenters. The molecule has 0 aromatic heterocycles. The van der Waals surface area contributed by atoms with Gasteiger partial charge in [-0.15, -0.1) is 0 Å². The molecule has 0 heterocycles. The summed E-state index contributed by atoms with van der Waals surface area (Å²) in [6, 6.07) is 5.72. The second-order valence-electron chi connectivity index (χ2n) is 6.02. The SMILES string of the molecule is CC1CCC(NS(=O)(=O)c2ccc3c(c2)CCC3)C1. The number of rotatable bonds is 3. The van der Waals surface area contributed by atoms with E-state index in [0.29, 0.717) is 10.8 Å². The van der Waals surface area contributed by atoms with Gasteiger partial charge in [0.25, 0.3) is 0 Å². The van der Waals surface area contributed by atoms with Crippen molar-refractivity contribution >= 4 is 10.0 Å². The summed E-state index contributed by atoms with van der Waals surface area (Å²) in [6.07, 6.45) is 6.29. The fourth-order valence-corrected chi connectivity index (χ4v) is 4.65. The summed E-state index contributed by atoms with van der Waals surface area (Å²) >= 11 is 0. The lowest BCUT2D eigenvalue weighted by atomic mass is 10.1. The first kappa shape index (κ1) is 13.1. The van der Waals surface area contributed by atoms with Gasteiger partial charge in [0.15, 0.2) is 0 Å². The standard InChI is InChI=1S/C15H21NO2S/c1-11-5-7-14(9-11)16-19(17,18)15-8-6-12-3-2-4-13(12)10-15/h6,8,10-11,14,16H,2-5,7,9H2,1H3. The molecule has 1 aromatic rings. The molecule has 1 saturated carbocycles. The van der Waals surface area contributed by atoms with E-state index in [0.717, 1.165) is 38.5 Å². The highest BCUT2D eigenvalue weighted by Crippen LogP contribution is 2.28. The number of hydrogen-bond acceptors (Lipinski definition) is 2. The molecule has 1 aromatic carbocycles. The van der Waals surface area contributed by atoms with E-state index >= 15 is 0 Å². The first-order valence-electron chi connectivity index (χ1n) is 7.19. The maximum absolute atomic E-state index is 12.4. The van der Waals surface area contributed by atoms with E-state index in [1.54, 1.807) is 6.07 Å². The van der Waals surface area contributed by atoms with Crippen LogP contribution in [0.15, 0.2) is 23.1 Å². The van der Waals surface area contributed by atoms with E-state index in [9.17, 15) is 8.42 Å². The normalized spacial score (nSPS) is 26.6. The van der Waals surface area contributed by atoms with Gasteiger partial charge >= 0.3 is 0 Å². The van der Waals surface area contributed by atoms with Gasteiger partial charge < -0.3 is 0 Å². The zero-order valence-electron chi connectivity index (χ0n) is 11.4. The fourth-order valence-electron chi connectivity index (χ4n) is 3.32. The fraction of sp³-hybridized carbons (Fsp3) is 0.600. The van der Waals surface area contributed by atoms with E-state index in [1.807, 2.05) is 12.1 Å². The van der Waals surface area contributed by atoms with Gasteiger partial charge in [0.05, 0.1) is 4.90 Å². The minimum Gasteiger partial charge on any atom is -0.208 e. The Hall–Kier alpha value is -0.870. The lowest BCUT2D eigenvalue weighted by molar-refractivity contribution is 0.538. The number of fused-ring (bicyclic) bond motifs is 1. The molecule has 4 heteroatoms. The van der Waals surface area contributed by atoms with E-state index in [1.165, 1.54) is 11.1 Å². The Bertz CT molecular complexity index is 580. The smallest absolute Gasteiger partial charge is 0.208 e. The quantitative estimate of drug-likeness (QED) is 0.924. The zero-order chi connectivity index (χ0) is 13.5. The van der Waals surface area contributed by atoms with Gasteiger partial charge in [0, 0.05) is 6.04 Å². The van der Waals surface area contributed by atoms with Crippen LogP contribution in [0.2, 0.25) is 0 Å². The van der Waals surface area contributed by atoms with Crippen molar-refractivity contribution in [3.05, 3.63) is 29.3 Å². The van der Waals surface area contributed by atoms with E-state index in [4.69, 9.17) is 0 Å². The Kier molecular flexibility index (Phi) is 3.39. The van der Waals surface area contributed by atoms with Crippen LogP contribution in [0, 0.1) is 5.92 Å². The number of nitrogens with one attached hydrogen (secondary N) is 1. The summed E-state index contributed by atoms with van der Waals surface area (Å²) in [4.78, 5) is 0.438. The predicted molar refractivity (Wildman–Crippen MR) is 75.6 cm³/mol. The van der Waals surface area contributed by atoms with Crippen LogP contribution >= 0.6 is 0 Å². The highest BCUT2D eigenvalue weighted by atomic mass is 32.2. The van der Waals surface area contributed by atoms with Gasteiger partial charge in [-0.2, -0.15) is 0 Å². The van der Waals surface area contributed by atoms with Gasteiger partial charge in [0.2, 0.25) is 10.0 Å². The van der Waals surface area contributed by atoms with Crippen LogP contribution in [0.4, 0.5) is 0 Å². The van der Waals surface area contributed by atoms with Gasteiger partial charge in [-0.3, -0.25) is 0 Å². The number of aryl methyl sites for hydroxylation is 2. The number of sulfonamides is 1. The first-order chi connectivity index (χ1) is 9.04. The van der Waals surface area contributed by atoms with Crippen molar-refractivity contribution in [2.24, 2.45) is 5.92 Å². The van der Waals surface area contributed by atoms with Crippen molar-refractivity contribution in [1.82, 2.24) is 4.72 Å². The lowest BCUT2D eigenvalue weighted by Gasteiger charge is -2.13. The van der Waals surface area contributed by atoms with Crippen molar-refractivity contribution in [3.8, 4) is 0 Å². The van der Waals surface area contributed by atoms with Gasteiger partial charge in [-0.05, 0) is 67.7 Å². The molecular formula is C15H21NO2S. The largest absolute Gasteiger partial charge is 0.240 e. The molecule has 0 bridgehead atoms. The van der Waals surface area contributed by atoms with Gasteiger partial charge in [0.1, 0.15) is 0 Å². The third-order valence-electron chi connectivity index (χ3n) is 4.40. The summed E-state index contributed by atoms with van der Waals surface area (Å²) in [6.45, 7) is 2.18. The summed E-state index contributed by atoms with van der Waals surface area (Å²) in [5.41, 5.74) is 2.52. The molecule has 2 unspecified atom stereocenters. The Labute approximate surface area is 115 Å². The first-order valence-corrected chi connectivity index (χ1v) is 8.67. The highest BCUT2D eigenvalue weighted by molar-refractivity contribution is 7.89. The molecule has 0 amide bonds. The summed E-state index contributed by atoms with van der Waals surface area (Å²) in [7, 11) is -3.34. The average molecular weight is 279 g/mol. The molecule has 2 aliphatic carbocycles. The van der Waals surface area contributed by atoms with E-state index in [2.05, 4.69) is 11.6 Å². The summed E-state index contributed by atoms with van der Waals surface area (Å²) in [5.74, 6) is 0.632. The maximum atomic E-state index is 12.4. The van der Waals surface area contributed by atoms with Crippen molar-refractivity contribution in [3.63, 3.8) is 0 Å². The van der Waals surface area contributed by atoms with E-state index in [-0.39, 0.29) is 6.04 Å². The molecule has 0 radical (unpaired) electrons. The molecule has 3 rings (SSSR count). The third kappa shape index (κ3) is 2.70.